The third kappa shape index (κ3) is 10.0. The van der Waals surface area contributed by atoms with Gasteiger partial charge < -0.3 is 0 Å². The molecule has 2 aliphatic rings. The molecule has 2 rings (SSSR count). The van der Waals surface area contributed by atoms with E-state index in [0.717, 1.165) is 41.4 Å². The minimum Gasteiger partial charge on any atom is -0.0854 e. The van der Waals surface area contributed by atoms with Crippen molar-refractivity contribution in [1.82, 2.24) is 0 Å². The van der Waals surface area contributed by atoms with Gasteiger partial charge in [0.2, 0.25) is 0 Å². The van der Waals surface area contributed by atoms with Crippen LogP contribution >= 0.6 is 0 Å². The van der Waals surface area contributed by atoms with Crippen molar-refractivity contribution in [3.63, 3.8) is 0 Å². The summed E-state index contributed by atoms with van der Waals surface area (Å²) in [7, 11) is 0. The Morgan fingerprint density at radius 1 is 0.633 bits per heavy atom. The molecule has 0 aromatic rings. The predicted octanol–water partition coefficient (Wildman–Crippen LogP) is 9.63. The lowest BCUT2D eigenvalue weighted by molar-refractivity contribution is 0.235. The van der Waals surface area contributed by atoms with Crippen LogP contribution in [-0.4, -0.2) is 0 Å². The standard InChI is InChI=1S/C30H52/c1-23(2)7-9-25(5)11-13-27-15-19-29(20-16-27)30-21-17-28(18-22-30)14-12-26(6)10-8-24(3)4/h11-15,19,23-30H,7-10,16-18,20-22H2,1-6H3/b13-11+,14-12+. The Labute approximate surface area is 189 Å². The van der Waals surface area contributed by atoms with Crippen molar-refractivity contribution in [2.45, 2.75) is 106 Å². The summed E-state index contributed by atoms with van der Waals surface area (Å²) >= 11 is 0. The van der Waals surface area contributed by atoms with E-state index in [0.29, 0.717) is 5.92 Å². The number of rotatable bonds is 11. The van der Waals surface area contributed by atoms with Crippen LogP contribution in [0.3, 0.4) is 0 Å². The summed E-state index contributed by atoms with van der Waals surface area (Å²) in [6.07, 6.45) is 29.1. The van der Waals surface area contributed by atoms with Crippen molar-refractivity contribution in [3.05, 3.63) is 36.5 Å². The fourth-order valence-corrected chi connectivity index (χ4v) is 5.25. The SMILES string of the molecule is CC(C)CCC(C)/C=C/C1C=CC(C2CCC(/C=C/C(C)CCC(C)C)CC2)CC1. The van der Waals surface area contributed by atoms with Gasteiger partial charge in [-0.2, -0.15) is 0 Å². The van der Waals surface area contributed by atoms with E-state index < -0.39 is 0 Å². The molecule has 0 heteroatoms. The molecule has 0 amide bonds. The molecule has 0 aliphatic heterocycles. The quantitative estimate of drug-likeness (QED) is 0.296. The van der Waals surface area contributed by atoms with E-state index in [-0.39, 0.29) is 0 Å². The first kappa shape index (κ1) is 25.5. The molecule has 0 N–H and O–H groups in total. The zero-order chi connectivity index (χ0) is 21.9. The van der Waals surface area contributed by atoms with Gasteiger partial charge in [0.25, 0.3) is 0 Å². The minimum atomic E-state index is 0.689. The summed E-state index contributed by atoms with van der Waals surface area (Å²) in [5.41, 5.74) is 0. The summed E-state index contributed by atoms with van der Waals surface area (Å²) in [4.78, 5) is 0. The molecule has 2 aliphatic carbocycles. The molecular formula is C30H52. The van der Waals surface area contributed by atoms with E-state index in [1.54, 1.807) is 0 Å². The van der Waals surface area contributed by atoms with E-state index in [1.807, 2.05) is 0 Å². The third-order valence-electron chi connectivity index (χ3n) is 7.66. The van der Waals surface area contributed by atoms with Crippen LogP contribution in [0.5, 0.6) is 0 Å². The maximum Gasteiger partial charge on any atom is -0.00531 e. The average molecular weight is 413 g/mol. The second-order valence-electron chi connectivity index (χ2n) is 11.6. The molecule has 0 saturated heterocycles. The van der Waals surface area contributed by atoms with Crippen LogP contribution in [0.2, 0.25) is 0 Å². The predicted molar refractivity (Wildman–Crippen MR) is 136 cm³/mol. The topological polar surface area (TPSA) is 0 Å². The Balaban J connectivity index is 1.69. The van der Waals surface area contributed by atoms with Crippen molar-refractivity contribution in [2.75, 3.05) is 0 Å². The Morgan fingerprint density at radius 2 is 1.20 bits per heavy atom. The van der Waals surface area contributed by atoms with Gasteiger partial charge in [0.15, 0.2) is 0 Å². The highest BCUT2D eigenvalue weighted by Crippen LogP contribution is 2.39. The molecule has 0 spiro atoms. The second-order valence-corrected chi connectivity index (χ2v) is 11.6. The Kier molecular flexibility index (Phi) is 11.5. The zero-order valence-corrected chi connectivity index (χ0v) is 21.2. The molecule has 1 saturated carbocycles. The molecule has 4 unspecified atom stereocenters. The maximum absolute atomic E-state index is 2.59. The highest BCUT2D eigenvalue weighted by Gasteiger charge is 2.27. The molecule has 30 heavy (non-hydrogen) atoms. The first-order valence-corrected chi connectivity index (χ1v) is 13.4. The summed E-state index contributed by atoms with van der Waals surface area (Å²) in [5, 5.41) is 0. The van der Waals surface area contributed by atoms with E-state index in [4.69, 9.17) is 0 Å². The number of hydrogen-bond donors (Lipinski definition) is 0. The Bertz CT molecular complexity index is 526. The third-order valence-corrected chi connectivity index (χ3v) is 7.66. The number of allylic oxidation sites excluding steroid dienone is 6. The van der Waals surface area contributed by atoms with Gasteiger partial charge in [-0.3, -0.25) is 0 Å². The second kappa shape index (κ2) is 13.6. The van der Waals surface area contributed by atoms with Crippen LogP contribution < -0.4 is 0 Å². The van der Waals surface area contributed by atoms with Crippen molar-refractivity contribution >= 4 is 0 Å². The molecule has 0 bridgehead atoms. The van der Waals surface area contributed by atoms with E-state index >= 15 is 0 Å². The summed E-state index contributed by atoms with van der Waals surface area (Å²) in [6, 6.07) is 0. The van der Waals surface area contributed by atoms with E-state index in [1.165, 1.54) is 64.2 Å². The fourth-order valence-electron chi connectivity index (χ4n) is 5.25. The summed E-state index contributed by atoms with van der Waals surface area (Å²) < 4.78 is 0. The van der Waals surface area contributed by atoms with Crippen LogP contribution in [0.1, 0.15) is 106 Å². The maximum atomic E-state index is 2.59. The van der Waals surface area contributed by atoms with Crippen molar-refractivity contribution in [3.8, 4) is 0 Å². The first-order chi connectivity index (χ1) is 14.3. The fraction of sp³-hybridized carbons (Fsp3) is 0.800. The molecule has 0 heterocycles. The van der Waals surface area contributed by atoms with E-state index in [9.17, 15) is 0 Å². The lowest BCUT2D eigenvalue weighted by Crippen LogP contribution is -2.22. The van der Waals surface area contributed by atoms with Crippen molar-refractivity contribution in [1.29, 1.82) is 0 Å². The zero-order valence-electron chi connectivity index (χ0n) is 21.2. The lowest BCUT2D eigenvalue weighted by Gasteiger charge is -2.34. The Morgan fingerprint density at radius 3 is 1.70 bits per heavy atom. The van der Waals surface area contributed by atoms with Crippen molar-refractivity contribution in [2.24, 2.45) is 47.3 Å². The molecule has 0 nitrogen and oxygen atoms in total. The molecule has 0 aromatic heterocycles. The molecule has 4 atom stereocenters. The van der Waals surface area contributed by atoms with Crippen LogP contribution in [-0.2, 0) is 0 Å². The summed E-state index contributed by atoms with van der Waals surface area (Å²) in [6.45, 7) is 14.1. The van der Waals surface area contributed by atoms with E-state index in [2.05, 4.69) is 78.0 Å². The average Bonchev–Trinajstić information content (AvgIpc) is 2.74. The smallest absolute Gasteiger partial charge is 0.00531 e. The molecule has 0 radical (unpaired) electrons. The monoisotopic (exact) mass is 412 g/mol. The lowest BCUT2D eigenvalue weighted by atomic mass is 9.72. The highest BCUT2D eigenvalue weighted by molar-refractivity contribution is 5.08. The van der Waals surface area contributed by atoms with Gasteiger partial charge in [-0.1, -0.05) is 90.8 Å². The highest BCUT2D eigenvalue weighted by atomic mass is 14.3. The van der Waals surface area contributed by atoms with Crippen LogP contribution in [0.4, 0.5) is 0 Å². The number of hydrogen-bond acceptors (Lipinski definition) is 0. The van der Waals surface area contributed by atoms with Crippen LogP contribution in [0.15, 0.2) is 36.5 Å². The first-order valence-electron chi connectivity index (χ1n) is 13.4. The molecule has 0 aromatic carbocycles. The van der Waals surface area contributed by atoms with Gasteiger partial charge in [-0.15, -0.1) is 0 Å². The molecule has 172 valence electrons. The van der Waals surface area contributed by atoms with Gasteiger partial charge >= 0.3 is 0 Å². The van der Waals surface area contributed by atoms with Gasteiger partial charge in [-0.25, -0.2) is 0 Å². The molecular weight excluding hydrogens is 360 g/mol. The Hall–Kier alpha value is -0.780. The van der Waals surface area contributed by atoms with Gasteiger partial charge in [-0.05, 0) is 98.7 Å². The van der Waals surface area contributed by atoms with Crippen LogP contribution in [0.25, 0.3) is 0 Å². The van der Waals surface area contributed by atoms with Gasteiger partial charge in [0.05, 0.1) is 0 Å². The summed E-state index contributed by atoms with van der Waals surface area (Å²) in [5.74, 6) is 6.48. The van der Waals surface area contributed by atoms with Gasteiger partial charge in [0.1, 0.15) is 0 Å². The minimum absolute atomic E-state index is 0.689. The normalized spacial score (nSPS) is 30.0. The molecule has 1 fully saturated rings. The van der Waals surface area contributed by atoms with Gasteiger partial charge in [0, 0.05) is 0 Å². The van der Waals surface area contributed by atoms with Crippen molar-refractivity contribution < 1.29 is 0 Å². The largest absolute Gasteiger partial charge is 0.0854 e. The van der Waals surface area contributed by atoms with Crippen LogP contribution in [0, 0.1) is 47.3 Å².